The summed E-state index contributed by atoms with van der Waals surface area (Å²) in [5.41, 5.74) is 3.65. The second-order valence-electron chi connectivity index (χ2n) is 6.62. The SMILES string of the molecule is CCc1ccccc1NC(=O)/C(C#N)=C\c1ccc(OCc2ccc(I)cc2)cc1. The van der Waals surface area contributed by atoms with E-state index < -0.39 is 5.91 Å². The number of anilines is 1. The molecule has 0 aliphatic heterocycles. The van der Waals surface area contributed by atoms with Gasteiger partial charge in [0.15, 0.2) is 0 Å². The fraction of sp³-hybridized carbons (Fsp3) is 0.120. The molecule has 0 bridgehead atoms. The number of ether oxygens (including phenoxy) is 1. The van der Waals surface area contributed by atoms with E-state index in [9.17, 15) is 10.1 Å². The Bertz CT molecular complexity index is 1080. The number of rotatable bonds is 7. The summed E-state index contributed by atoms with van der Waals surface area (Å²) < 4.78 is 6.99. The third kappa shape index (κ3) is 5.94. The summed E-state index contributed by atoms with van der Waals surface area (Å²) in [6.07, 6.45) is 2.37. The van der Waals surface area contributed by atoms with Crippen molar-refractivity contribution in [1.82, 2.24) is 0 Å². The van der Waals surface area contributed by atoms with Crippen molar-refractivity contribution in [2.45, 2.75) is 20.0 Å². The van der Waals surface area contributed by atoms with Crippen molar-refractivity contribution in [2.75, 3.05) is 5.32 Å². The average molecular weight is 508 g/mol. The summed E-state index contributed by atoms with van der Waals surface area (Å²) >= 11 is 2.27. The number of nitriles is 1. The van der Waals surface area contributed by atoms with Gasteiger partial charge in [-0.3, -0.25) is 4.79 Å². The zero-order valence-electron chi connectivity index (χ0n) is 16.6. The van der Waals surface area contributed by atoms with Crippen LogP contribution in [0.15, 0.2) is 78.4 Å². The smallest absolute Gasteiger partial charge is 0.266 e. The van der Waals surface area contributed by atoms with Gasteiger partial charge >= 0.3 is 0 Å². The first-order valence-electron chi connectivity index (χ1n) is 9.57. The number of hydrogen-bond acceptors (Lipinski definition) is 3. The van der Waals surface area contributed by atoms with Gasteiger partial charge in [0.1, 0.15) is 24.0 Å². The Morgan fingerprint density at radius 2 is 1.77 bits per heavy atom. The molecule has 0 spiro atoms. The lowest BCUT2D eigenvalue weighted by molar-refractivity contribution is -0.112. The first-order valence-corrected chi connectivity index (χ1v) is 10.6. The van der Waals surface area contributed by atoms with Crippen LogP contribution in [0.4, 0.5) is 5.69 Å². The molecule has 3 aromatic rings. The van der Waals surface area contributed by atoms with Crippen LogP contribution in [0.2, 0.25) is 0 Å². The van der Waals surface area contributed by atoms with Gasteiger partial charge in [0.05, 0.1) is 0 Å². The van der Waals surface area contributed by atoms with E-state index in [0.29, 0.717) is 6.61 Å². The Labute approximate surface area is 190 Å². The minimum Gasteiger partial charge on any atom is -0.489 e. The van der Waals surface area contributed by atoms with E-state index in [1.54, 1.807) is 6.08 Å². The quantitative estimate of drug-likeness (QED) is 0.243. The summed E-state index contributed by atoms with van der Waals surface area (Å²) in [7, 11) is 0. The van der Waals surface area contributed by atoms with Gasteiger partial charge < -0.3 is 10.1 Å². The Balaban J connectivity index is 1.66. The van der Waals surface area contributed by atoms with E-state index in [1.165, 1.54) is 3.57 Å². The largest absolute Gasteiger partial charge is 0.489 e. The second-order valence-corrected chi connectivity index (χ2v) is 7.86. The number of aryl methyl sites for hydroxylation is 1. The highest BCUT2D eigenvalue weighted by Gasteiger charge is 2.11. The Kier molecular flexibility index (Phi) is 7.63. The number of nitrogens with one attached hydrogen (secondary N) is 1. The lowest BCUT2D eigenvalue weighted by Crippen LogP contribution is -2.14. The number of amides is 1. The van der Waals surface area contributed by atoms with Crippen LogP contribution in [0.3, 0.4) is 0 Å². The number of hydrogen-bond donors (Lipinski definition) is 1. The van der Waals surface area contributed by atoms with Gasteiger partial charge in [0.25, 0.3) is 5.91 Å². The molecule has 0 heterocycles. The number of nitrogens with zero attached hydrogens (tertiary/aromatic N) is 1. The van der Waals surface area contributed by atoms with Gasteiger partial charge in [-0.05, 0) is 82.1 Å². The van der Waals surface area contributed by atoms with Crippen molar-refractivity contribution in [2.24, 2.45) is 0 Å². The first-order chi connectivity index (χ1) is 14.6. The van der Waals surface area contributed by atoms with Gasteiger partial charge in [0.2, 0.25) is 0 Å². The topological polar surface area (TPSA) is 62.1 Å². The monoisotopic (exact) mass is 508 g/mol. The van der Waals surface area contributed by atoms with Crippen LogP contribution in [0.25, 0.3) is 6.08 Å². The predicted octanol–water partition coefficient (Wildman–Crippen LogP) is 5.98. The summed E-state index contributed by atoms with van der Waals surface area (Å²) in [6, 6.07) is 25.0. The number of carbonyl (C=O) groups excluding carboxylic acids is 1. The number of carbonyl (C=O) groups is 1. The average Bonchev–Trinajstić information content (AvgIpc) is 2.78. The fourth-order valence-corrected chi connectivity index (χ4v) is 3.22. The third-order valence-corrected chi connectivity index (χ3v) is 5.24. The highest BCUT2D eigenvalue weighted by molar-refractivity contribution is 14.1. The Morgan fingerprint density at radius 3 is 2.43 bits per heavy atom. The lowest BCUT2D eigenvalue weighted by Gasteiger charge is -2.09. The molecule has 4 nitrogen and oxygen atoms in total. The van der Waals surface area contributed by atoms with Crippen molar-refractivity contribution in [3.63, 3.8) is 0 Å². The van der Waals surface area contributed by atoms with Gasteiger partial charge in [-0.25, -0.2) is 0 Å². The molecule has 0 aliphatic carbocycles. The fourth-order valence-electron chi connectivity index (χ4n) is 2.86. The number of benzene rings is 3. The maximum Gasteiger partial charge on any atom is 0.266 e. The van der Waals surface area contributed by atoms with Crippen molar-refractivity contribution >= 4 is 40.3 Å². The van der Waals surface area contributed by atoms with E-state index >= 15 is 0 Å². The van der Waals surface area contributed by atoms with E-state index in [4.69, 9.17) is 4.74 Å². The zero-order chi connectivity index (χ0) is 21.3. The Hall–Kier alpha value is -3.11. The molecule has 0 atom stereocenters. The lowest BCUT2D eigenvalue weighted by atomic mass is 10.1. The van der Waals surface area contributed by atoms with Gasteiger partial charge in [-0.15, -0.1) is 0 Å². The molecular weight excluding hydrogens is 487 g/mol. The molecule has 0 fully saturated rings. The van der Waals surface area contributed by atoms with Gasteiger partial charge in [-0.2, -0.15) is 5.26 Å². The molecule has 0 saturated carbocycles. The number of para-hydroxylation sites is 1. The van der Waals surface area contributed by atoms with Crippen LogP contribution in [-0.2, 0) is 17.8 Å². The molecule has 30 heavy (non-hydrogen) atoms. The third-order valence-electron chi connectivity index (χ3n) is 4.52. The van der Waals surface area contributed by atoms with Crippen molar-refractivity contribution in [1.29, 1.82) is 5.26 Å². The number of halogens is 1. The molecule has 0 unspecified atom stereocenters. The summed E-state index contributed by atoms with van der Waals surface area (Å²) in [4.78, 5) is 12.5. The molecule has 3 aromatic carbocycles. The minimum atomic E-state index is -0.419. The molecule has 0 aromatic heterocycles. The molecule has 1 amide bonds. The highest BCUT2D eigenvalue weighted by Crippen LogP contribution is 2.19. The second kappa shape index (κ2) is 10.6. The van der Waals surface area contributed by atoms with Crippen molar-refractivity contribution < 1.29 is 9.53 Å². The van der Waals surface area contributed by atoms with E-state index in [2.05, 4.69) is 27.9 Å². The predicted molar refractivity (Wildman–Crippen MR) is 128 cm³/mol. The van der Waals surface area contributed by atoms with Crippen LogP contribution in [0, 0.1) is 14.9 Å². The van der Waals surface area contributed by atoms with Crippen LogP contribution >= 0.6 is 22.6 Å². The highest BCUT2D eigenvalue weighted by atomic mass is 127. The molecule has 1 N–H and O–H groups in total. The first kappa shape index (κ1) is 21.6. The maximum atomic E-state index is 12.5. The standard InChI is InChI=1S/C25H21IN2O2/c1-2-20-5-3-4-6-24(20)28-25(29)21(16-27)15-18-9-13-23(14-10-18)30-17-19-7-11-22(26)12-8-19/h3-15H,2,17H2,1H3,(H,28,29)/b21-15-. The Morgan fingerprint density at radius 1 is 1.07 bits per heavy atom. The molecule has 0 radical (unpaired) electrons. The van der Waals surface area contributed by atoms with Gasteiger partial charge in [-0.1, -0.05) is 49.4 Å². The molecule has 3 rings (SSSR count). The van der Waals surface area contributed by atoms with Crippen LogP contribution in [0.1, 0.15) is 23.6 Å². The van der Waals surface area contributed by atoms with Crippen molar-refractivity contribution in [3.05, 3.63) is 98.6 Å². The van der Waals surface area contributed by atoms with Crippen LogP contribution in [-0.4, -0.2) is 5.91 Å². The molecule has 5 heteroatoms. The zero-order valence-corrected chi connectivity index (χ0v) is 18.7. The minimum absolute atomic E-state index is 0.0495. The van der Waals surface area contributed by atoms with E-state index in [-0.39, 0.29) is 5.57 Å². The molecular formula is C25H21IN2O2. The maximum absolute atomic E-state index is 12.5. The van der Waals surface area contributed by atoms with E-state index in [0.717, 1.165) is 34.5 Å². The van der Waals surface area contributed by atoms with E-state index in [1.807, 2.05) is 85.8 Å². The summed E-state index contributed by atoms with van der Waals surface area (Å²) in [5, 5.41) is 12.3. The summed E-state index contributed by atoms with van der Waals surface area (Å²) in [6.45, 7) is 2.50. The summed E-state index contributed by atoms with van der Waals surface area (Å²) in [5.74, 6) is 0.308. The molecule has 0 aliphatic rings. The molecule has 0 saturated heterocycles. The van der Waals surface area contributed by atoms with Crippen molar-refractivity contribution in [3.8, 4) is 11.8 Å². The van der Waals surface area contributed by atoms with Crippen LogP contribution < -0.4 is 10.1 Å². The van der Waals surface area contributed by atoms with Crippen LogP contribution in [0.5, 0.6) is 5.75 Å². The van der Waals surface area contributed by atoms with Gasteiger partial charge in [0, 0.05) is 9.26 Å². The normalized spacial score (nSPS) is 10.9. The molecule has 150 valence electrons.